The Morgan fingerprint density at radius 3 is 2.33 bits per heavy atom. The van der Waals surface area contributed by atoms with E-state index in [1.165, 1.54) is 24.3 Å². The maximum atomic E-state index is 13.5. The van der Waals surface area contributed by atoms with E-state index >= 15 is 0 Å². The largest absolute Gasteiger partial charge is 0.433 e. The van der Waals surface area contributed by atoms with Crippen LogP contribution in [0, 0.1) is 0 Å². The fourth-order valence-corrected chi connectivity index (χ4v) is 1.64. The Balaban J connectivity index is 2.47. The summed E-state index contributed by atoms with van der Waals surface area (Å²) < 4.78 is 75.3. The Morgan fingerprint density at radius 1 is 1.21 bits per heavy atom. The number of carbonyl (C=O) groups excluding carboxylic acids is 1. The molecule has 1 aromatic rings. The van der Waals surface area contributed by atoms with E-state index in [-0.39, 0.29) is 11.3 Å². The van der Waals surface area contributed by atoms with Gasteiger partial charge in [0.1, 0.15) is 5.75 Å². The summed E-state index contributed by atoms with van der Waals surface area (Å²) >= 11 is 0. The maximum Gasteiger partial charge on any atom is 0.432 e. The normalized spacial score (nSPS) is 13.2. The first-order valence-electron chi connectivity index (χ1n) is 7.06. The summed E-state index contributed by atoms with van der Waals surface area (Å²) in [7, 11) is 0. The van der Waals surface area contributed by atoms with Crippen LogP contribution in [-0.2, 0) is 9.53 Å². The highest BCUT2D eigenvalue weighted by atomic mass is 19.3. The molecule has 1 rings (SSSR count). The van der Waals surface area contributed by atoms with Gasteiger partial charge in [0.25, 0.3) is 0 Å². The van der Waals surface area contributed by atoms with E-state index in [0.717, 1.165) is 6.92 Å². The lowest BCUT2D eigenvalue weighted by Gasteiger charge is -2.22. The van der Waals surface area contributed by atoms with Crippen LogP contribution in [0.4, 0.5) is 22.0 Å². The van der Waals surface area contributed by atoms with Crippen LogP contribution in [0.1, 0.15) is 26.2 Å². The van der Waals surface area contributed by atoms with Gasteiger partial charge in [-0.15, -0.1) is 0 Å². The van der Waals surface area contributed by atoms with E-state index < -0.39 is 43.6 Å². The average molecular weight is 352 g/mol. The number of hydrogen-bond acceptors (Lipinski definition) is 3. The summed E-state index contributed by atoms with van der Waals surface area (Å²) in [6.07, 6.45) is -13.4. The first kappa shape index (κ1) is 19.9. The van der Waals surface area contributed by atoms with Gasteiger partial charge in [-0.1, -0.05) is 24.8 Å². The summed E-state index contributed by atoms with van der Waals surface area (Å²) in [4.78, 5) is 11.0. The lowest BCUT2D eigenvalue weighted by Crippen LogP contribution is -2.36. The first-order valence-corrected chi connectivity index (χ1v) is 7.06. The number of benzene rings is 1. The van der Waals surface area contributed by atoms with Crippen molar-refractivity contribution in [3.8, 4) is 5.75 Å². The standard InChI is InChI=1S/C16H17F5O3/c1-11(2)14(22)24-16(20,21)13(17)9-6-10-15(18,19)23-12-7-4-3-5-8-12/h3-5,7-8,13H,1,6,9-10H2,2H3. The van der Waals surface area contributed by atoms with Crippen LogP contribution in [0.25, 0.3) is 0 Å². The predicted octanol–water partition coefficient (Wildman–Crippen LogP) is 4.88. The van der Waals surface area contributed by atoms with E-state index in [1.807, 2.05) is 0 Å². The fraction of sp³-hybridized carbons (Fsp3) is 0.438. The molecule has 134 valence electrons. The van der Waals surface area contributed by atoms with E-state index in [1.54, 1.807) is 6.07 Å². The Kier molecular flexibility index (Phi) is 6.74. The SMILES string of the molecule is C=C(C)C(=O)OC(F)(F)C(F)CCCC(F)(F)Oc1ccccc1. The monoisotopic (exact) mass is 352 g/mol. The van der Waals surface area contributed by atoms with E-state index in [0.29, 0.717) is 0 Å². The topological polar surface area (TPSA) is 35.5 Å². The lowest BCUT2D eigenvalue weighted by atomic mass is 10.1. The summed E-state index contributed by atoms with van der Waals surface area (Å²) in [5, 5.41) is 0. The molecule has 0 radical (unpaired) electrons. The maximum absolute atomic E-state index is 13.5. The second-order valence-corrected chi connectivity index (χ2v) is 5.14. The third kappa shape index (κ3) is 6.55. The Hall–Kier alpha value is -2.12. The molecule has 0 fully saturated rings. The summed E-state index contributed by atoms with van der Waals surface area (Å²) in [6, 6.07) is 7.18. The molecule has 1 unspecified atom stereocenters. The molecule has 0 aliphatic carbocycles. The molecule has 0 N–H and O–H groups in total. The molecule has 0 aliphatic rings. The number of halogens is 5. The summed E-state index contributed by atoms with van der Waals surface area (Å²) in [5.41, 5.74) is -0.329. The molecular formula is C16H17F5O3. The first-order chi connectivity index (χ1) is 11.0. The van der Waals surface area contributed by atoms with Crippen LogP contribution in [0.3, 0.4) is 0 Å². The highest BCUT2D eigenvalue weighted by Crippen LogP contribution is 2.31. The van der Waals surface area contributed by atoms with Crippen LogP contribution in [-0.4, -0.2) is 24.4 Å². The number of para-hydroxylation sites is 1. The van der Waals surface area contributed by atoms with Gasteiger partial charge in [0.15, 0.2) is 0 Å². The fourth-order valence-electron chi connectivity index (χ4n) is 1.64. The smallest absolute Gasteiger partial charge is 0.432 e. The molecule has 24 heavy (non-hydrogen) atoms. The molecule has 1 atom stereocenters. The highest BCUT2D eigenvalue weighted by Gasteiger charge is 2.45. The van der Waals surface area contributed by atoms with Crippen molar-refractivity contribution in [1.29, 1.82) is 0 Å². The van der Waals surface area contributed by atoms with Crippen LogP contribution >= 0.6 is 0 Å². The molecule has 0 saturated heterocycles. The molecule has 0 bridgehead atoms. The van der Waals surface area contributed by atoms with E-state index in [2.05, 4.69) is 16.1 Å². The van der Waals surface area contributed by atoms with Crippen LogP contribution < -0.4 is 4.74 Å². The molecule has 8 heteroatoms. The van der Waals surface area contributed by atoms with Gasteiger partial charge in [-0.2, -0.15) is 17.6 Å². The third-order valence-corrected chi connectivity index (χ3v) is 2.88. The van der Waals surface area contributed by atoms with Crippen molar-refractivity contribution in [2.75, 3.05) is 0 Å². The molecule has 0 aliphatic heterocycles. The molecule has 3 nitrogen and oxygen atoms in total. The molecule has 0 aromatic heterocycles. The lowest BCUT2D eigenvalue weighted by molar-refractivity contribution is -0.260. The number of hydrogen-bond donors (Lipinski definition) is 0. The average Bonchev–Trinajstić information content (AvgIpc) is 2.46. The van der Waals surface area contributed by atoms with Crippen LogP contribution in [0.2, 0.25) is 0 Å². The highest BCUT2D eigenvalue weighted by molar-refractivity contribution is 5.87. The van der Waals surface area contributed by atoms with Crippen molar-refractivity contribution in [2.45, 2.75) is 44.6 Å². The molecule has 0 amide bonds. The zero-order chi connectivity index (χ0) is 18.4. The third-order valence-electron chi connectivity index (χ3n) is 2.88. The Labute approximate surface area is 136 Å². The molecule has 1 aromatic carbocycles. The van der Waals surface area contributed by atoms with Crippen molar-refractivity contribution in [1.82, 2.24) is 0 Å². The molecule has 0 saturated carbocycles. The van der Waals surface area contributed by atoms with Gasteiger partial charge in [0.2, 0.25) is 6.17 Å². The predicted molar refractivity (Wildman–Crippen MR) is 76.6 cm³/mol. The van der Waals surface area contributed by atoms with Crippen molar-refractivity contribution in [3.05, 3.63) is 42.5 Å². The van der Waals surface area contributed by atoms with Gasteiger partial charge in [0, 0.05) is 5.57 Å². The van der Waals surface area contributed by atoms with Gasteiger partial charge < -0.3 is 9.47 Å². The molecular weight excluding hydrogens is 335 g/mol. The number of carbonyl (C=O) groups is 1. The van der Waals surface area contributed by atoms with E-state index in [9.17, 15) is 26.7 Å². The van der Waals surface area contributed by atoms with Gasteiger partial charge >= 0.3 is 18.2 Å². The van der Waals surface area contributed by atoms with Gasteiger partial charge in [-0.25, -0.2) is 9.18 Å². The second kappa shape index (κ2) is 8.12. The minimum absolute atomic E-state index is 0.0972. The van der Waals surface area contributed by atoms with Crippen molar-refractivity contribution < 1.29 is 36.2 Å². The van der Waals surface area contributed by atoms with Gasteiger partial charge in [-0.3, -0.25) is 0 Å². The minimum atomic E-state index is -4.41. The Bertz CT molecular complexity index is 560. The van der Waals surface area contributed by atoms with Crippen LogP contribution in [0.15, 0.2) is 42.5 Å². The zero-order valence-electron chi connectivity index (χ0n) is 12.9. The van der Waals surface area contributed by atoms with Gasteiger partial charge in [0.05, 0.1) is 6.42 Å². The van der Waals surface area contributed by atoms with Crippen molar-refractivity contribution >= 4 is 5.97 Å². The van der Waals surface area contributed by atoms with Crippen molar-refractivity contribution in [3.63, 3.8) is 0 Å². The number of esters is 1. The summed E-state index contributed by atoms with van der Waals surface area (Å²) in [6.45, 7) is 4.21. The summed E-state index contributed by atoms with van der Waals surface area (Å²) in [5.74, 6) is -1.56. The van der Waals surface area contributed by atoms with Crippen LogP contribution in [0.5, 0.6) is 5.75 Å². The number of rotatable bonds is 9. The number of alkyl halides is 5. The zero-order valence-corrected chi connectivity index (χ0v) is 12.9. The quantitative estimate of drug-likeness (QED) is 0.361. The van der Waals surface area contributed by atoms with Gasteiger partial charge in [-0.05, 0) is 31.9 Å². The Morgan fingerprint density at radius 2 is 1.79 bits per heavy atom. The van der Waals surface area contributed by atoms with E-state index in [4.69, 9.17) is 0 Å². The second-order valence-electron chi connectivity index (χ2n) is 5.14. The van der Waals surface area contributed by atoms with Crippen molar-refractivity contribution in [2.24, 2.45) is 0 Å². The molecule has 0 spiro atoms. The number of ether oxygens (including phenoxy) is 2. The molecule has 0 heterocycles. The minimum Gasteiger partial charge on any atom is -0.433 e.